The molecular formula is C15H14Br2O4. The lowest BCUT2D eigenvalue weighted by atomic mass is 9.87. The summed E-state index contributed by atoms with van der Waals surface area (Å²) in [4.78, 5) is 0. The van der Waals surface area contributed by atoms with Gasteiger partial charge in [0.1, 0.15) is 12.2 Å². The van der Waals surface area contributed by atoms with E-state index in [2.05, 4.69) is 31.9 Å². The number of aliphatic hydroxyl groups is 1. The largest absolute Gasteiger partial charge is 0.493 e. The Bertz CT molecular complexity index is 641. The van der Waals surface area contributed by atoms with Crippen LogP contribution in [0.3, 0.4) is 0 Å². The van der Waals surface area contributed by atoms with Gasteiger partial charge in [-0.15, -0.1) is 0 Å². The fraction of sp³-hybridized carbons (Fsp3) is 0.333. The average Bonchev–Trinajstić information content (AvgIpc) is 2.98. The van der Waals surface area contributed by atoms with Crippen molar-refractivity contribution in [1.82, 2.24) is 0 Å². The monoisotopic (exact) mass is 416 g/mol. The molecule has 1 aromatic rings. The van der Waals surface area contributed by atoms with Gasteiger partial charge < -0.3 is 19.3 Å². The Kier molecular flexibility index (Phi) is 3.90. The lowest BCUT2D eigenvalue weighted by Crippen LogP contribution is -2.43. The molecular weight excluding hydrogens is 404 g/mol. The van der Waals surface area contributed by atoms with Gasteiger partial charge in [0.05, 0.1) is 14.2 Å². The molecule has 112 valence electrons. The van der Waals surface area contributed by atoms with Gasteiger partial charge in [-0.05, 0) is 17.7 Å². The maximum atomic E-state index is 11.2. The molecule has 6 heteroatoms. The van der Waals surface area contributed by atoms with Crippen LogP contribution in [0.5, 0.6) is 11.5 Å². The molecule has 3 rings (SSSR count). The van der Waals surface area contributed by atoms with E-state index in [0.29, 0.717) is 21.5 Å². The number of methoxy groups -OCH3 is 2. The summed E-state index contributed by atoms with van der Waals surface area (Å²) in [7, 11) is 3.14. The molecule has 2 bridgehead atoms. The third kappa shape index (κ3) is 2.16. The van der Waals surface area contributed by atoms with Gasteiger partial charge >= 0.3 is 0 Å². The van der Waals surface area contributed by atoms with Gasteiger partial charge in [0, 0.05) is 8.96 Å². The van der Waals surface area contributed by atoms with Crippen LogP contribution in [0.25, 0.3) is 0 Å². The minimum absolute atomic E-state index is 0.148. The molecule has 4 nitrogen and oxygen atoms in total. The Hall–Kier alpha value is -0.820. The highest BCUT2D eigenvalue weighted by Gasteiger charge is 2.50. The molecule has 0 saturated heterocycles. The summed E-state index contributed by atoms with van der Waals surface area (Å²) >= 11 is 6.99. The Morgan fingerprint density at radius 2 is 1.86 bits per heavy atom. The Morgan fingerprint density at radius 3 is 2.52 bits per heavy atom. The van der Waals surface area contributed by atoms with Crippen molar-refractivity contribution in [3.05, 3.63) is 44.9 Å². The van der Waals surface area contributed by atoms with Crippen molar-refractivity contribution in [2.75, 3.05) is 14.2 Å². The van der Waals surface area contributed by atoms with Gasteiger partial charge in [0.15, 0.2) is 17.1 Å². The number of benzene rings is 1. The van der Waals surface area contributed by atoms with E-state index in [9.17, 15) is 5.11 Å². The Morgan fingerprint density at radius 1 is 1.14 bits per heavy atom. The molecule has 0 fully saturated rings. The maximum Gasteiger partial charge on any atom is 0.161 e. The molecule has 2 heterocycles. The number of hydrogen-bond donors (Lipinski definition) is 1. The minimum atomic E-state index is -1.30. The minimum Gasteiger partial charge on any atom is -0.493 e. The van der Waals surface area contributed by atoms with Crippen LogP contribution in [0.2, 0.25) is 0 Å². The van der Waals surface area contributed by atoms with Gasteiger partial charge in [0.2, 0.25) is 0 Å². The molecule has 0 amide bonds. The van der Waals surface area contributed by atoms with Gasteiger partial charge in [-0.3, -0.25) is 0 Å². The first-order valence-corrected chi connectivity index (χ1v) is 7.95. The highest BCUT2D eigenvalue weighted by Crippen LogP contribution is 2.50. The summed E-state index contributed by atoms with van der Waals surface area (Å²) in [5.41, 5.74) is -0.638. The fourth-order valence-corrected chi connectivity index (χ4v) is 3.87. The maximum absolute atomic E-state index is 11.2. The number of fused-ring (bicyclic) bond motifs is 2. The summed E-state index contributed by atoms with van der Waals surface area (Å²) in [6.45, 7) is 0. The van der Waals surface area contributed by atoms with Crippen molar-refractivity contribution >= 4 is 31.9 Å². The average molecular weight is 418 g/mol. The van der Waals surface area contributed by atoms with Gasteiger partial charge in [-0.1, -0.05) is 50.1 Å². The standard InChI is InChI=1S/C15H14Br2O4/c1-19-9-4-3-8(7-11(9)20-2)15(18)12-6-5-10(21-12)13(16)14(15)17/h3-7,10,12,18H,1-2H3/t10-,12+,15+/m1/s1. The molecule has 3 atom stereocenters. The van der Waals surface area contributed by atoms with Crippen molar-refractivity contribution in [3.63, 3.8) is 0 Å². The van der Waals surface area contributed by atoms with E-state index in [1.54, 1.807) is 32.4 Å². The quantitative estimate of drug-likeness (QED) is 0.767. The van der Waals surface area contributed by atoms with Crippen LogP contribution in [-0.2, 0) is 10.3 Å². The first kappa shape index (κ1) is 15.1. The third-order valence-electron chi connectivity index (χ3n) is 3.78. The Balaban J connectivity index is 2.14. The smallest absolute Gasteiger partial charge is 0.161 e. The van der Waals surface area contributed by atoms with Crippen LogP contribution in [0.15, 0.2) is 39.3 Å². The SMILES string of the molecule is COc1ccc([C@@]2(O)C(Br)=C(Br)[C@H]3C=C[C@@H]2O3)cc1OC. The molecule has 0 aliphatic carbocycles. The molecule has 2 aliphatic heterocycles. The van der Waals surface area contributed by atoms with E-state index < -0.39 is 11.7 Å². The third-order valence-corrected chi connectivity index (χ3v) is 6.19. The van der Waals surface area contributed by atoms with E-state index in [1.165, 1.54) is 0 Å². The summed E-state index contributed by atoms with van der Waals surface area (Å²) < 4.78 is 17.8. The van der Waals surface area contributed by atoms with Crippen molar-refractivity contribution < 1.29 is 19.3 Å². The second kappa shape index (κ2) is 5.43. The molecule has 0 spiro atoms. The lowest BCUT2D eigenvalue weighted by molar-refractivity contribution is -0.0730. The van der Waals surface area contributed by atoms with Crippen LogP contribution in [0.4, 0.5) is 0 Å². The zero-order chi connectivity index (χ0) is 15.2. The van der Waals surface area contributed by atoms with Crippen LogP contribution in [0.1, 0.15) is 5.56 Å². The first-order valence-electron chi connectivity index (χ1n) is 6.36. The van der Waals surface area contributed by atoms with E-state index in [-0.39, 0.29) is 6.10 Å². The van der Waals surface area contributed by atoms with Crippen LogP contribution < -0.4 is 9.47 Å². The Labute approximate surface area is 139 Å². The molecule has 21 heavy (non-hydrogen) atoms. The van der Waals surface area contributed by atoms with Crippen molar-refractivity contribution in [2.24, 2.45) is 0 Å². The molecule has 0 saturated carbocycles. The fourth-order valence-electron chi connectivity index (χ4n) is 2.63. The second-order valence-electron chi connectivity index (χ2n) is 4.86. The van der Waals surface area contributed by atoms with E-state index in [1.807, 2.05) is 12.2 Å². The summed E-state index contributed by atoms with van der Waals surface area (Å²) in [5.74, 6) is 1.17. The normalized spacial score (nSPS) is 30.7. The number of ether oxygens (including phenoxy) is 3. The summed E-state index contributed by atoms with van der Waals surface area (Å²) in [5, 5.41) is 11.2. The summed E-state index contributed by atoms with van der Waals surface area (Å²) in [6.07, 6.45) is 3.20. The highest BCUT2D eigenvalue weighted by atomic mass is 79.9. The van der Waals surface area contributed by atoms with Gasteiger partial charge in [0.25, 0.3) is 0 Å². The van der Waals surface area contributed by atoms with Gasteiger partial charge in [-0.25, -0.2) is 0 Å². The van der Waals surface area contributed by atoms with Gasteiger partial charge in [-0.2, -0.15) is 0 Å². The van der Waals surface area contributed by atoms with Crippen molar-refractivity contribution in [2.45, 2.75) is 17.8 Å². The van der Waals surface area contributed by atoms with Crippen LogP contribution >= 0.6 is 31.9 Å². The van der Waals surface area contributed by atoms with Crippen LogP contribution in [0, 0.1) is 0 Å². The predicted molar refractivity (Wildman–Crippen MR) is 86.1 cm³/mol. The summed E-state index contributed by atoms with van der Waals surface area (Å²) in [6, 6.07) is 5.33. The molecule has 1 N–H and O–H groups in total. The number of halogens is 2. The molecule has 0 radical (unpaired) electrons. The van der Waals surface area contributed by atoms with Crippen molar-refractivity contribution in [3.8, 4) is 11.5 Å². The number of hydrogen-bond acceptors (Lipinski definition) is 4. The number of rotatable bonds is 3. The topological polar surface area (TPSA) is 47.9 Å². The molecule has 0 aromatic heterocycles. The zero-order valence-corrected chi connectivity index (χ0v) is 14.6. The lowest BCUT2D eigenvalue weighted by Gasteiger charge is -2.38. The highest BCUT2D eigenvalue weighted by molar-refractivity contribution is 9.14. The van der Waals surface area contributed by atoms with E-state index >= 15 is 0 Å². The predicted octanol–water partition coefficient (Wildman–Crippen LogP) is 3.23. The van der Waals surface area contributed by atoms with Crippen molar-refractivity contribution in [1.29, 1.82) is 0 Å². The molecule has 1 aromatic carbocycles. The van der Waals surface area contributed by atoms with E-state index in [0.717, 1.165) is 4.48 Å². The zero-order valence-electron chi connectivity index (χ0n) is 11.5. The van der Waals surface area contributed by atoms with Crippen LogP contribution in [-0.4, -0.2) is 31.5 Å². The van der Waals surface area contributed by atoms with E-state index in [4.69, 9.17) is 14.2 Å². The molecule has 2 aliphatic rings. The molecule has 0 unspecified atom stereocenters. The first-order chi connectivity index (χ1) is 10.0. The second-order valence-corrected chi connectivity index (χ2v) is 6.51.